The van der Waals surface area contributed by atoms with Crippen molar-refractivity contribution in [2.24, 2.45) is 0 Å². The highest BCUT2D eigenvalue weighted by molar-refractivity contribution is 8.00. The van der Waals surface area contributed by atoms with Crippen molar-refractivity contribution in [3.05, 3.63) is 63.7 Å². The summed E-state index contributed by atoms with van der Waals surface area (Å²) in [4.78, 5) is 38.0. The Bertz CT molecular complexity index is 931. The highest BCUT2D eigenvalue weighted by atomic mass is 32.2. The number of esters is 1. The molecule has 2 aromatic carbocycles. The van der Waals surface area contributed by atoms with Crippen LogP contribution in [0.5, 0.6) is 0 Å². The summed E-state index contributed by atoms with van der Waals surface area (Å²) in [6, 6.07) is 11.7. The van der Waals surface area contributed by atoms with E-state index in [2.05, 4.69) is 6.92 Å². The number of para-hydroxylation sites is 1. The third-order valence-corrected chi connectivity index (χ3v) is 5.74. The summed E-state index contributed by atoms with van der Waals surface area (Å²) in [6.45, 7) is 3.83. The number of nitro benzene ring substituents is 1. The Morgan fingerprint density at radius 3 is 2.75 bits per heavy atom. The lowest BCUT2D eigenvalue weighted by Crippen LogP contribution is -2.35. The summed E-state index contributed by atoms with van der Waals surface area (Å²) in [5.74, 6) is -0.980. The number of fused-ring (bicyclic) bond motifs is 1. The van der Waals surface area contributed by atoms with E-state index in [0.29, 0.717) is 17.4 Å². The predicted molar refractivity (Wildman–Crippen MR) is 107 cm³/mol. The zero-order valence-corrected chi connectivity index (χ0v) is 16.4. The highest BCUT2D eigenvalue weighted by Crippen LogP contribution is 2.37. The maximum atomic E-state index is 12.7. The van der Waals surface area contributed by atoms with Crippen molar-refractivity contribution in [1.29, 1.82) is 0 Å². The number of anilines is 1. The van der Waals surface area contributed by atoms with E-state index in [1.54, 1.807) is 23.6 Å². The molecule has 1 aliphatic heterocycles. The first-order valence-electron chi connectivity index (χ1n) is 8.85. The summed E-state index contributed by atoms with van der Waals surface area (Å²) in [5, 5.41) is 11.3. The molecule has 3 rings (SSSR count). The average molecular weight is 400 g/mol. The second-order valence-electron chi connectivity index (χ2n) is 6.56. The van der Waals surface area contributed by atoms with E-state index < -0.39 is 10.9 Å². The molecule has 28 heavy (non-hydrogen) atoms. The van der Waals surface area contributed by atoms with Gasteiger partial charge in [0.2, 0.25) is 0 Å². The van der Waals surface area contributed by atoms with Gasteiger partial charge >= 0.3 is 5.97 Å². The Morgan fingerprint density at radius 2 is 2.04 bits per heavy atom. The summed E-state index contributed by atoms with van der Waals surface area (Å²) < 4.78 is 5.17. The normalized spacial score (nSPS) is 16.1. The monoisotopic (exact) mass is 400 g/mol. The third kappa shape index (κ3) is 4.33. The highest BCUT2D eigenvalue weighted by Gasteiger charge is 2.25. The number of carbonyl (C=O) groups excluding carboxylic acids is 2. The number of ether oxygens (including phenoxy) is 1. The molecule has 0 saturated carbocycles. The van der Waals surface area contributed by atoms with Gasteiger partial charge in [-0.1, -0.05) is 19.1 Å². The van der Waals surface area contributed by atoms with Crippen LogP contribution >= 0.6 is 11.8 Å². The van der Waals surface area contributed by atoms with E-state index in [4.69, 9.17) is 4.74 Å². The lowest BCUT2D eigenvalue weighted by atomic mass is 10.1. The Morgan fingerprint density at radius 1 is 1.29 bits per heavy atom. The molecule has 146 valence electrons. The Kier molecular flexibility index (Phi) is 5.99. The van der Waals surface area contributed by atoms with Crippen LogP contribution in [0.3, 0.4) is 0 Å². The fourth-order valence-corrected chi connectivity index (χ4v) is 4.13. The molecule has 0 unspecified atom stereocenters. The van der Waals surface area contributed by atoms with Crippen LogP contribution < -0.4 is 4.90 Å². The lowest BCUT2D eigenvalue weighted by molar-refractivity contribution is -0.385. The van der Waals surface area contributed by atoms with Crippen molar-refractivity contribution in [3.8, 4) is 0 Å². The minimum Gasteiger partial charge on any atom is -0.452 e. The summed E-state index contributed by atoms with van der Waals surface area (Å²) in [7, 11) is 0. The number of thioether (sulfide) groups is 1. The van der Waals surface area contributed by atoms with Crippen molar-refractivity contribution in [3.63, 3.8) is 0 Å². The zero-order valence-electron chi connectivity index (χ0n) is 15.6. The van der Waals surface area contributed by atoms with Gasteiger partial charge in [0.05, 0.1) is 16.2 Å². The van der Waals surface area contributed by atoms with Gasteiger partial charge in [-0.15, -0.1) is 11.8 Å². The number of nitro groups is 1. The Labute approximate surface area is 166 Å². The molecule has 1 amide bonds. The van der Waals surface area contributed by atoms with Crippen LogP contribution in [0.2, 0.25) is 0 Å². The van der Waals surface area contributed by atoms with Gasteiger partial charge in [-0.3, -0.25) is 14.9 Å². The molecule has 0 radical (unpaired) electrons. The molecule has 2 aromatic rings. The molecule has 0 N–H and O–H groups in total. The van der Waals surface area contributed by atoms with E-state index in [0.717, 1.165) is 17.0 Å². The van der Waals surface area contributed by atoms with Crippen LogP contribution in [0, 0.1) is 17.0 Å². The lowest BCUT2D eigenvalue weighted by Gasteiger charge is -2.22. The standard InChI is InChI=1S/C20H20N2O5S/c1-13-11-15(7-8-16(13)22(25)26)20(24)27-12-19(23)21-10-9-14(2)28-18-6-4-3-5-17(18)21/h3-8,11,14H,9-10,12H2,1-2H3/t14-/m1/s1. The molecule has 0 fully saturated rings. The van der Waals surface area contributed by atoms with Gasteiger partial charge < -0.3 is 9.64 Å². The number of nitrogens with zero attached hydrogens (tertiary/aromatic N) is 2. The third-order valence-electron chi connectivity index (χ3n) is 4.50. The molecular weight excluding hydrogens is 380 g/mol. The Balaban J connectivity index is 1.69. The van der Waals surface area contributed by atoms with Crippen LogP contribution in [0.4, 0.5) is 11.4 Å². The van der Waals surface area contributed by atoms with Gasteiger partial charge in [0.15, 0.2) is 6.61 Å². The topological polar surface area (TPSA) is 89.8 Å². The molecule has 0 spiro atoms. The van der Waals surface area contributed by atoms with Crippen molar-refractivity contribution >= 4 is 35.0 Å². The molecule has 1 heterocycles. The van der Waals surface area contributed by atoms with Crippen molar-refractivity contribution < 1.29 is 19.2 Å². The first kappa shape index (κ1) is 19.9. The molecule has 0 bridgehead atoms. The Hall–Kier alpha value is -2.87. The largest absolute Gasteiger partial charge is 0.452 e. The number of aryl methyl sites for hydroxylation is 1. The molecule has 8 heteroatoms. The number of rotatable bonds is 4. The number of carbonyl (C=O) groups is 2. The van der Waals surface area contributed by atoms with E-state index in [1.807, 2.05) is 24.3 Å². The summed E-state index contributed by atoms with van der Waals surface area (Å²) in [6.07, 6.45) is 0.834. The van der Waals surface area contributed by atoms with Gasteiger partial charge in [-0.25, -0.2) is 4.79 Å². The predicted octanol–water partition coefficient (Wildman–Crippen LogP) is 3.98. The van der Waals surface area contributed by atoms with Crippen LogP contribution in [-0.2, 0) is 9.53 Å². The molecule has 1 atom stereocenters. The minimum atomic E-state index is -0.683. The average Bonchev–Trinajstić information content (AvgIpc) is 2.83. The number of benzene rings is 2. The molecular formula is C20H20N2O5S. The first-order chi connectivity index (χ1) is 13.4. The van der Waals surface area contributed by atoms with Crippen LogP contribution in [0.25, 0.3) is 0 Å². The number of amides is 1. The number of hydrogen-bond donors (Lipinski definition) is 0. The summed E-state index contributed by atoms with van der Waals surface area (Å²) in [5.41, 5.74) is 1.29. The second kappa shape index (κ2) is 8.43. The SMILES string of the molecule is Cc1cc(C(=O)OCC(=O)N2CC[C@@H](C)Sc3ccccc32)ccc1[N+](=O)[O-]. The van der Waals surface area contributed by atoms with Crippen molar-refractivity contribution in [2.45, 2.75) is 30.4 Å². The van der Waals surface area contributed by atoms with Gasteiger partial charge in [0.1, 0.15) is 0 Å². The van der Waals surface area contributed by atoms with Gasteiger partial charge in [0, 0.05) is 28.3 Å². The molecule has 7 nitrogen and oxygen atoms in total. The summed E-state index contributed by atoms with van der Waals surface area (Å²) >= 11 is 1.72. The van der Waals surface area contributed by atoms with Crippen LogP contribution in [-0.4, -0.2) is 35.2 Å². The van der Waals surface area contributed by atoms with Crippen molar-refractivity contribution in [1.82, 2.24) is 0 Å². The van der Waals surface area contributed by atoms with Gasteiger partial charge in [-0.05, 0) is 37.6 Å². The fourth-order valence-electron chi connectivity index (χ4n) is 3.02. The molecule has 0 saturated heterocycles. The van der Waals surface area contributed by atoms with E-state index >= 15 is 0 Å². The minimum absolute atomic E-state index is 0.0691. The van der Waals surface area contributed by atoms with Crippen LogP contribution in [0.15, 0.2) is 47.4 Å². The zero-order chi connectivity index (χ0) is 20.3. The van der Waals surface area contributed by atoms with Gasteiger partial charge in [-0.2, -0.15) is 0 Å². The van der Waals surface area contributed by atoms with Crippen LogP contribution in [0.1, 0.15) is 29.3 Å². The smallest absolute Gasteiger partial charge is 0.338 e. The second-order valence-corrected chi connectivity index (χ2v) is 8.05. The van der Waals surface area contributed by atoms with Crippen molar-refractivity contribution in [2.75, 3.05) is 18.1 Å². The van der Waals surface area contributed by atoms with Gasteiger partial charge in [0.25, 0.3) is 11.6 Å². The number of hydrogen-bond acceptors (Lipinski definition) is 6. The first-order valence-corrected chi connectivity index (χ1v) is 9.73. The van der Waals surface area contributed by atoms with E-state index in [1.165, 1.54) is 18.2 Å². The van der Waals surface area contributed by atoms with E-state index in [-0.39, 0.29) is 23.8 Å². The fraction of sp³-hybridized carbons (Fsp3) is 0.300. The quantitative estimate of drug-likeness (QED) is 0.438. The maximum Gasteiger partial charge on any atom is 0.338 e. The maximum absolute atomic E-state index is 12.7. The molecule has 0 aromatic heterocycles. The molecule has 0 aliphatic carbocycles. The van der Waals surface area contributed by atoms with E-state index in [9.17, 15) is 19.7 Å². The molecule has 1 aliphatic rings.